The van der Waals surface area contributed by atoms with E-state index in [4.69, 9.17) is 0 Å². The van der Waals surface area contributed by atoms with Gasteiger partial charge < -0.3 is 15.1 Å². The van der Waals surface area contributed by atoms with E-state index in [1.54, 1.807) is 0 Å². The predicted molar refractivity (Wildman–Crippen MR) is 89.9 cm³/mol. The molecule has 1 N–H and O–H groups in total. The summed E-state index contributed by atoms with van der Waals surface area (Å²) in [4.78, 5) is 9.45. The number of nitrogens with one attached hydrogen (secondary N) is 1. The monoisotopic (exact) mass is 290 g/mol. The van der Waals surface area contributed by atoms with E-state index in [0.29, 0.717) is 12.1 Å². The Hall–Kier alpha value is -1.13. The van der Waals surface area contributed by atoms with Crippen LogP contribution >= 0.6 is 0 Å². The summed E-state index contributed by atoms with van der Waals surface area (Å²) in [6.07, 6.45) is 5.74. The summed E-state index contributed by atoms with van der Waals surface area (Å²) in [5.41, 5.74) is 2.35. The van der Waals surface area contributed by atoms with Crippen molar-refractivity contribution in [3.63, 3.8) is 0 Å². The van der Waals surface area contributed by atoms with Gasteiger partial charge in [0.1, 0.15) is 0 Å². The number of likely N-dealkylation sites (tertiary alicyclic amines) is 1. The van der Waals surface area contributed by atoms with Crippen molar-refractivity contribution in [3.05, 3.63) is 24.0 Å². The van der Waals surface area contributed by atoms with E-state index in [9.17, 15) is 0 Å². The second-order valence-corrected chi connectivity index (χ2v) is 6.29. The van der Waals surface area contributed by atoms with Crippen molar-refractivity contribution < 1.29 is 0 Å². The summed E-state index contributed by atoms with van der Waals surface area (Å²) in [5, 5.41) is 3.48. The Morgan fingerprint density at radius 3 is 2.90 bits per heavy atom. The second kappa shape index (κ2) is 7.76. The van der Waals surface area contributed by atoms with Crippen LogP contribution in [0.3, 0.4) is 0 Å². The normalized spacial score (nSPS) is 21.2. The fraction of sp³-hybridized carbons (Fsp3) is 0.706. The number of nitrogens with zero attached hydrogens (tertiary/aromatic N) is 3. The molecule has 1 fully saturated rings. The fourth-order valence-electron chi connectivity index (χ4n) is 2.99. The van der Waals surface area contributed by atoms with Crippen LogP contribution in [-0.2, 0) is 0 Å². The molecular weight excluding hydrogens is 260 g/mol. The molecule has 2 atom stereocenters. The number of aromatic nitrogens is 1. The highest BCUT2D eigenvalue weighted by atomic mass is 15.2. The summed E-state index contributed by atoms with van der Waals surface area (Å²) < 4.78 is 0. The number of hydrogen-bond donors (Lipinski definition) is 1. The highest BCUT2D eigenvalue weighted by Crippen LogP contribution is 2.21. The third-order valence-electron chi connectivity index (χ3n) is 4.47. The minimum Gasteiger partial charge on any atom is -0.369 e. The largest absolute Gasteiger partial charge is 0.369 e. The molecule has 1 aliphatic rings. The molecule has 0 aromatic carbocycles. The highest BCUT2D eigenvalue weighted by Gasteiger charge is 2.21. The minimum absolute atomic E-state index is 0.324. The number of anilines is 1. The molecule has 0 aliphatic carbocycles. The standard InChI is InChI=1S/C17H30N4/c1-5-10-18-14(2)17-9-8-15(12-19-17)21(4)16-7-6-11-20(3)13-16/h8-9,12,14,16,18H,5-7,10-11,13H2,1-4H3. The quantitative estimate of drug-likeness (QED) is 0.873. The number of likely N-dealkylation sites (N-methyl/N-ethyl adjacent to an activating group) is 2. The summed E-state index contributed by atoms with van der Waals surface area (Å²) in [6.45, 7) is 7.78. The van der Waals surface area contributed by atoms with Gasteiger partial charge in [-0.3, -0.25) is 4.98 Å². The van der Waals surface area contributed by atoms with Gasteiger partial charge in [0.15, 0.2) is 0 Å². The molecule has 1 aromatic heterocycles. The topological polar surface area (TPSA) is 31.4 Å². The molecule has 1 saturated heterocycles. The average molecular weight is 290 g/mol. The van der Waals surface area contributed by atoms with Gasteiger partial charge in [-0.25, -0.2) is 0 Å². The Morgan fingerprint density at radius 2 is 2.29 bits per heavy atom. The zero-order valence-corrected chi connectivity index (χ0v) is 14.0. The van der Waals surface area contributed by atoms with Crippen LogP contribution in [0.4, 0.5) is 5.69 Å². The van der Waals surface area contributed by atoms with E-state index < -0.39 is 0 Å². The summed E-state index contributed by atoms with van der Waals surface area (Å²) >= 11 is 0. The van der Waals surface area contributed by atoms with Gasteiger partial charge in [-0.2, -0.15) is 0 Å². The zero-order chi connectivity index (χ0) is 15.2. The van der Waals surface area contributed by atoms with Crippen LogP contribution in [0.2, 0.25) is 0 Å². The van der Waals surface area contributed by atoms with Gasteiger partial charge in [-0.05, 0) is 58.5 Å². The zero-order valence-electron chi connectivity index (χ0n) is 14.0. The molecule has 2 rings (SSSR count). The lowest BCUT2D eigenvalue weighted by atomic mass is 10.0. The molecule has 4 nitrogen and oxygen atoms in total. The minimum atomic E-state index is 0.324. The molecule has 0 saturated carbocycles. The van der Waals surface area contributed by atoms with Gasteiger partial charge in [-0.1, -0.05) is 6.92 Å². The molecule has 1 aliphatic heterocycles. The van der Waals surface area contributed by atoms with Crippen LogP contribution in [0, 0.1) is 0 Å². The molecule has 2 unspecified atom stereocenters. The smallest absolute Gasteiger partial charge is 0.0572 e. The van der Waals surface area contributed by atoms with Crippen LogP contribution < -0.4 is 10.2 Å². The fourth-order valence-corrected chi connectivity index (χ4v) is 2.99. The number of hydrogen-bond acceptors (Lipinski definition) is 4. The van der Waals surface area contributed by atoms with Gasteiger partial charge in [0.2, 0.25) is 0 Å². The van der Waals surface area contributed by atoms with E-state index in [0.717, 1.165) is 25.2 Å². The predicted octanol–water partition coefficient (Wildman–Crippen LogP) is 2.67. The van der Waals surface area contributed by atoms with Crippen molar-refractivity contribution >= 4 is 5.69 Å². The van der Waals surface area contributed by atoms with Gasteiger partial charge >= 0.3 is 0 Å². The Bertz CT molecular complexity index is 417. The second-order valence-electron chi connectivity index (χ2n) is 6.29. The molecule has 118 valence electrons. The first-order valence-corrected chi connectivity index (χ1v) is 8.22. The van der Waals surface area contributed by atoms with E-state index in [2.05, 4.69) is 60.2 Å². The first-order valence-electron chi connectivity index (χ1n) is 8.22. The van der Waals surface area contributed by atoms with Gasteiger partial charge in [-0.15, -0.1) is 0 Å². The Kier molecular flexibility index (Phi) is 6.00. The van der Waals surface area contributed by atoms with Crippen molar-refractivity contribution in [1.29, 1.82) is 0 Å². The van der Waals surface area contributed by atoms with Gasteiger partial charge in [0, 0.05) is 25.7 Å². The van der Waals surface area contributed by atoms with Crippen LogP contribution in [0.25, 0.3) is 0 Å². The molecule has 0 spiro atoms. The van der Waals surface area contributed by atoms with Crippen molar-refractivity contribution in [3.8, 4) is 0 Å². The van der Waals surface area contributed by atoms with E-state index in [1.165, 1.54) is 25.1 Å². The molecule has 2 heterocycles. The molecule has 0 radical (unpaired) electrons. The third kappa shape index (κ3) is 4.42. The highest BCUT2D eigenvalue weighted by molar-refractivity contribution is 5.45. The molecule has 21 heavy (non-hydrogen) atoms. The van der Waals surface area contributed by atoms with Crippen molar-refractivity contribution in [2.24, 2.45) is 0 Å². The first-order chi connectivity index (χ1) is 10.1. The number of piperidine rings is 1. The van der Waals surface area contributed by atoms with Crippen molar-refractivity contribution in [1.82, 2.24) is 15.2 Å². The summed E-state index contributed by atoms with van der Waals surface area (Å²) in [6, 6.07) is 5.30. The van der Waals surface area contributed by atoms with Crippen LogP contribution in [0.5, 0.6) is 0 Å². The average Bonchev–Trinajstić information content (AvgIpc) is 2.52. The lowest BCUT2D eigenvalue weighted by Gasteiger charge is -2.37. The molecule has 4 heteroatoms. The Morgan fingerprint density at radius 1 is 1.48 bits per heavy atom. The van der Waals surface area contributed by atoms with Crippen LogP contribution in [0.1, 0.15) is 44.8 Å². The van der Waals surface area contributed by atoms with Crippen LogP contribution in [-0.4, -0.2) is 49.7 Å². The Balaban J connectivity index is 1.97. The lowest BCUT2D eigenvalue weighted by molar-refractivity contribution is 0.248. The third-order valence-corrected chi connectivity index (χ3v) is 4.47. The first kappa shape index (κ1) is 16.2. The number of rotatable bonds is 6. The maximum atomic E-state index is 4.65. The van der Waals surface area contributed by atoms with E-state index >= 15 is 0 Å². The van der Waals surface area contributed by atoms with E-state index in [-0.39, 0.29) is 0 Å². The van der Waals surface area contributed by atoms with Crippen molar-refractivity contribution in [2.45, 2.75) is 45.2 Å². The van der Waals surface area contributed by atoms with E-state index in [1.807, 2.05) is 6.20 Å². The number of pyridine rings is 1. The Labute approximate surface area is 129 Å². The molecule has 1 aromatic rings. The van der Waals surface area contributed by atoms with Gasteiger partial charge in [0.05, 0.1) is 17.6 Å². The summed E-state index contributed by atoms with van der Waals surface area (Å²) in [5.74, 6) is 0. The molecule has 0 amide bonds. The maximum absolute atomic E-state index is 4.65. The molecular formula is C17H30N4. The van der Waals surface area contributed by atoms with Gasteiger partial charge in [0.25, 0.3) is 0 Å². The van der Waals surface area contributed by atoms with Crippen molar-refractivity contribution in [2.75, 3.05) is 38.6 Å². The summed E-state index contributed by atoms with van der Waals surface area (Å²) in [7, 11) is 4.40. The lowest BCUT2D eigenvalue weighted by Crippen LogP contribution is -2.45. The SMILES string of the molecule is CCCNC(C)c1ccc(N(C)C2CCCN(C)C2)cn1. The maximum Gasteiger partial charge on any atom is 0.0572 e. The van der Waals surface area contributed by atoms with Crippen LogP contribution in [0.15, 0.2) is 18.3 Å². The molecule has 0 bridgehead atoms.